The van der Waals surface area contributed by atoms with E-state index in [0.717, 1.165) is 27.8 Å². The van der Waals surface area contributed by atoms with Crippen LogP contribution in [0.25, 0.3) is 10.9 Å². The first kappa shape index (κ1) is 13.6. The second-order valence-corrected chi connectivity index (χ2v) is 5.13. The number of fused-ring (bicyclic) bond motifs is 1. The van der Waals surface area contributed by atoms with E-state index < -0.39 is 0 Å². The van der Waals surface area contributed by atoms with Crippen LogP contribution in [0.15, 0.2) is 60.8 Å². The lowest BCUT2D eigenvalue weighted by molar-refractivity contribution is 0.307. The molecule has 0 fully saturated rings. The van der Waals surface area contributed by atoms with Gasteiger partial charge in [0.2, 0.25) is 0 Å². The highest BCUT2D eigenvalue weighted by molar-refractivity contribution is 5.81. The fraction of sp³-hybridized carbons (Fsp3) is 0.167. The maximum absolute atomic E-state index is 5.87. The van der Waals surface area contributed by atoms with E-state index in [2.05, 4.69) is 11.1 Å². The predicted octanol–water partition coefficient (Wildman–Crippen LogP) is 3.83. The summed E-state index contributed by atoms with van der Waals surface area (Å²) in [6.45, 7) is 2.50. The van der Waals surface area contributed by atoms with Crippen molar-refractivity contribution in [3.63, 3.8) is 0 Å². The SMILES string of the molecule is C[C@@H](N)c1ccc(OCc2ccnc3ccccc23)cc1. The lowest BCUT2D eigenvalue weighted by Crippen LogP contribution is -2.04. The maximum Gasteiger partial charge on any atom is 0.119 e. The van der Waals surface area contributed by atoms with Crippen molar-refractivity contribution in [2.24, 2.45) is 5.73 Å². The fourth-order valence-electron chi connectivity index (χ4n) is 2.31. The molecule has 0 radical (unpaired) electrons. The molecule has 3 nitrogen and oxygen atoms in total. The van der Waals surface area contributed by atoms with E-state index in [9.17, 15) is 0 Å². The molecule has 106 valence electrons. The Balaban J connectivity index is 1.77. The Kier molecular flexibility index (Phi) is 3.84. The molecule has 0 saturated heterocycles. The van der Waals surface area contributed by atoms with E-state index in [-0.39, 0.29) is 6.04 Å². The number of rotatable bonds is 4. The van der Waals surface area contributed by atoms with Gasteiger partial charge in [0.15, 0.2) is 0 Å². The number of nitrogens with two attached hydrogens (primary N) is 1. The van der Waals surface area contributed by atoms with E-state index in [1.54, 1.807) is 0 Å². The number of nitrogens with zero attached hydrogens (tertiary/aromatic N) is 1. The summed E-state index contributed by atoms with van der Waals surface area (Å²) in [7, 11) is 0. The highest BCUT2D eigenvalue weighted by Gasteiger charge is 2.03. The van der Waals surface area contributed by atoms with Crippen LogP contribution in [0, 0.1) is 0 Å². The first-order valence-corrected chi connectivity index (χ1v) is 7.05. The third-order valence-electron chi connectivity index (χ3n) is 3.54. The zero-order chi connectivity index (χ0) is 14.7. The summed E-state index contributed by atoms with van der Waals surface area (Å²) in [5.41, 5.74) is 9.08. The zero-order valence-corrected chi connectivity index (χ0v) is 12.0. The van der Waals surface area contributed by atoms with Gasteiger partial charge in [-0.3, -0.25) is 4.98 Å². The number of hydrogen-bond donors (Lipinski definition) is 1. The molecule has 0 aliphatic heterocycles. The van der Waals surface area contributed by atoms with Gasteiger partial charge in [-0.1, -0.05) is 30.3 Å². The van der Waals surface area contributed by atoms with E-state index in [0.29, 0.717) is 6.61 Å². The molecule has 1 atom stereocenters. The molecule has 0 unspecified atom stereocenters. The molecule has 3 rings (SSSR count). The van der Waals surface area contributed by atoms with E-state index in [1.165, 1.54) is 0 Å². The second-order valence-electron chi connectivity index (χ2n) is 5.13. The molecule has 0 amide bonds. The van der Waals surface area contributed by atoms with Crippen LogP contribution in [-0.4, -0.2) is 4.98 Å². The Morgan fingerprint density at radius 1 is 1.05 bits per heavy atom. The van der Waals surface area contributed by atoms with Crippen LogP contribution in [0.1, 0.15) is 24.1 Å². The van der Waals surface area contributed by atoms with Gasteiger partial charge in [-0.25, -0.2) is 0 Å². The minimum atomic E-state index is 0.0446. The van der Waals surface area contributed by atoms with Gasteiger partial charge in [-0.15, -0.1) is 0 Å². The third-order valence-corrected chi connectivity index (χ3v) is 3.54. The Labute approximate surface area is 124 Å². The van der Waals surface area contributed by atoms with Crippen LogP contribution in [0.2, 0.25) is 0 Å². The fourth-order valence-corrected chi connectivity index (χ4v) is 2.31. The van der Waals surface area contributed by atoms with Crippen LogP contribution >= 0.6 is 0 Å². The smallest absolute Gasteiger partial charge is 0.119 e. The zero-order valence-electron chi connectivity index (χ0n) is 12.0. The Bertz CT molecular complexity index is 730. The van der Waals surface area contributed by atoms with Gasteiger partial charge < -0.3 is 10.5 Å². The Hall–Kier alpha value is -2.39. The van der Waals surface area contributed by atoms with Crippen LogP contribution in [-0.2, 0) is 6.61 Å². The van der Waals surface area contributed by atoms with Crippen molar-refractivity contribution in [1.82, 2.24) is 4.98 Å². The molecule has 0 spiro atoms. The molecule has 3 heteroatoms. The number of pyridine rings is 1. The molecular weight excluding hydrogens is 260 g/mol. The van der Waals surface area contributed by atoms with Crippen LogP contribution in [0.4, 0.5) is 0 Å². The van der Waals surface area contributed by atoms with Crippen LogP contribution < -0.4 is 10.5 Å². The van der Waals surface area contributed by atoms with Crippen LogP contribution in [0.5, 0.6) is 5.75 Å². The molecule has 0 aliphatic carbocycles. The first-order chi connectivity index (χ1) is 10.2. The molecule has 2 N–H and O–H groups in total. The lowest BCUT2D eigenvalue weighted by Gasteiger charge is -2.10. The minimum absolute atomic E-state index is 0.0446. The molecule has 21 heavy (non-hydrogen) atoms. The average molecular weight is 278 g/mol. The summed E-state index contributed by atoms with van der Waals surface area (Å²) in [6, 6.07) is 18.1. The Morgan fingerprint density at radius 2 is 1.81 bits per heavy atom. The van der Waals surface area contributed by atoms with Gasteiger partial charge in [-0.05, 0) is 36.8 Å². The number of hydrogen-bond acceptors (Lipinski definition) is 3. The highest BCUT2D eigenvalue weighted by Crippen LogP contribution is 2.20. The van der Waals surface area contributed by atoms with Gasteiger partial charge in [0.05, 0.1) is 5.52 Å². The lowest BCUT2D eigenvalue weighted by atomic mass is 10.1. The standard InChI is InChI=1S/C18H18N2O/c1-13(19)14-6-8-16(9-7-14)21-12-15-10-11-20-18-5-3-2-4-17(15)18/h2-11,13H,12,19H2,1H3/t13-/m1/s1. The highest BCUT2D eigenvalue weighted by atomic mass is 16.5. The van der Waals surface area contributed by atoms with Crippen LogP contribution in [0.3, 0.4) is 0 Å². The van der Waals surface area contributed by atoms with Crippen molar-refractivity contribution in [3.05, 3.63) is 71.9 Å². The molecule has 1 aromatic heterocycles. The van der Waals surface area contributed by atoms with Gasteiger partial charge in [0.1, 0.15) is 12.4 Å². The van der Waals surface area contributed by atoms with Crippen molar-refractivity contribution in [2.45, 2.75) is 19.6 Å². The summed E-state index contributed by atoms with van der Waals surface area (Å²) >= 11 is 0. The second kappa shape index (κ2) is 5.94. The first-order valence-electron chi connectivity index (χ1n) is 7.05. The van der Waals surface area contributed by atoms with Gasteiger partial charge in [0, 0.05) is 23.2 Å². The Morgan fingerprint density at radius 3 is 2.57 bits per heavy atom. The number of aromatic nitrogens is 1. The van der Waals surface area contributed by atoms with Crippen molar-refractivity contribution >= 4 is 10.9 Å². The van der Waals surface area contributed by atoms with Crippen molar-refractivity contribution in [3.8, 4) is 5.75 Å². The topological polar surface area (TPSA) is 48.1 Å². The van der Waals surface area contributed by atoms with Crippen molar-refractivity contribution in [2.75, 3.05) is 0 Å². The summed E-state index contributed by atoms with van der Waals surface area (Å²) in [4.78, 5) is 4.36. The monoisotopic (exact) mass is 278 g/mol. The average Bonchev–Trinajstić information content (AvgIpc) is 2.53. The van der Waals surface area contributed by atoms with Crippen molar-refractivity contribution in [1.29, 1.82) is 0 Å². The molecular formula is C18H18N2O. The molecule has 2 aromatic carbocycles. The van der Waals surface area contributed by atoms with Gasteiger partial charge >= 0.3 is 0 Å². The molecule has 0 aliphatic rings. The molecule has 1 heterocycles. The summed E-state index contributed by atoms with van der Waals surface area (Å²) < 4.78 is 5.87. The summed E-state index contributed by atoms with van der Waals surface area (Å²) in [6.07, 6.45) is 1.82. The van der Waals surface area contributed by atoms with E-state index >= 15 is 0 Å². The third kappa shape index (κ3) is 3.03. The molecule has 3 aromatic rings. The van der Waals surface area contributed by atoms with Gasteiger partial charge in [0.25, 0.3) is 0 Å². The molecule has 0 bridgehead atoms. The summed E-state index contributed by atoms with van der Waals surface area (Å²) in [5, 5.41) is 1.13. The van der Waals surface area contributed by atoms with Gasteiger partial charge in [-0.2, -0.15) is 0 Å². The van der Waals surface area contributed by atoms with E-state index in [1.807, 2.05) is 61.7 Å². The van der Waals surface area contributed by atoms with Crippen molar-refractivity contribution < 1.29 is 4.74 Å². The van der Waals surface area contributed by atoms with E-state index in [4.69, 9.17) is 10.5 Å². The number of ether oxygens (including phenoxy) is 1. The minimum Gasteiger partial charge on any atom is -0.489 e. The molecule has 0 saturated carbocycles. The largest absolute Gasteiger partial charge is 0.489 e. The normalized spacial score (nSPS) is 12.3. The predicted molar refractivity (Wildman–Crippen MR) is 85.1 cm³/mol. The number of para-hydroxylation sites is 1. The number of benzene rings is 2. The maximum atomic E-state index is 5.87. The summed E-state index contributed by atoms with van der Waals surface area (Å²) in [5.74, 6) is 0.847. The quantitative estimate of drug-likeness (QED) is 0.789.